The Morgan fingerprint density at radius 2 is 1.95 bits per heavy atom. The van der Waals surface area contributed by atoms with E-state index >= 15 is 0 Å². The lowest BCUT2D eigenvalue weighted by Crippen LogP contribution is -2.44. The van der Waals surface area contributed by atoms with Gasteiger partial charge in [-0.1, -0.05) is 11.6 Å². The van der Waals surface area contributed by atoms with Crippen LogP contribution in [0.1, 0.15) is 10.4 Å². The van der Waals surface area contributed by atoms with Crippen LogP contribution in [0.2, 0.25) is 5.02 Å². The van der Waals surface area contributed by atoms with Gasteiger partial charge in [0, 0.05) is 26.2 Å². The van der Waals surface area contributed by atoms with Gasteiger partial charge in [-0.2, -0.15) is 0 Å². The molecule has 5 nitrogen and oxygen atoms in total. The number of esters is 1. The summed E-state index contributed by atoms with van der Waals surface area (Å²) in [6.07, 6.45) is 0. The molecule has 1 saturated heterocycles. The minimum atomic E-state index is -0.432. The number of halogens is 1. The van der Waals surface area contributed by atoms with Gasteiger partial charge in [-0.05, 0) is 19.2 Å². The molecule has 1 aliphatic rings. The topological polar surface area (TPSA) is 58.8 Å². The first kappa shape index (κ1) is 14.0. The first-order valence-electron chi connectivity index (χ1n) is 6.13. The highest BCUT2D eigenvalue weighted by atomic mass is 35.5. The summed E-state index contributed by atoms with van der Waals surface area (Å²) in [7, 11) is 3.42. The highest BCUT2D eigenvalue weighted by Gasteiger charge is 2.20. The number of carbonyl (C=O) groups is 1. The normalized spacial score (nSPS) is 16.5. The van der Waals surface area contributed by atoms with Crippen LogP contribution >= 0.6 is 11.6 Å². The van der Waals surface area contributed by atoms with Crippen molar-refractivity contribution >= 4 is 28.9 Å². The molecule has 0 aliphatic carbocycles. The zero-order chi connectivity index (χ0) is 14.0. The Morgan fingerprint density at radius 1 is 1.32 bits per heavy atom. The standard InChI is InChI=1S/C13H18ClN3O2/c1-16-3-5-17(6-4-16)12-10(14)7-9(8-11(12)15)13(18)19-2/h7-8H,3-6,15H2,1-2H3. The number of benzene rings is 1. The van der Waals surface area contributed by atoms with E-state index in [0.717, 1.165) is 31.9 Å². The molecule has 1 fully saturated rings. The van der Waals surface area contributed by atoms with E-state index in [1.165, 1.54) is 7.11 Å². The van der Waals surface area contributed by atoms with Gasteiger partial charge in [-0.15, -0.1) is 0 Å². The highest BCUT2D eigenvalue weighted by Crippen LogP contribution is 2.34. The molecule has 0 amide bonds. The molecule has 1 aliphatic heterocycles. The number of hydrogen-bond acceptors (Lipinski definition) is 5. The average molecular weight is 284 g/mol. The number of nitrogens with two attached hydrogens (primary N) is 1. The van der Waals surface area contributed by atoms with Crippen LogP contribution in [0, 0.1) is 0 Å². The molecule has 104 valence electrons. The summed E-state index contributed by atoms with van der Waals surface area (Å²) in [6.45, 7) is 3.68. The Bertz CT molecular complexity index is 462. The first-order valence-corrected chi connectivity index (χ1v) is 6.51. The van der Waals surface area contributed by atoms with E-state index in [-0.39, 0.29) is 0 Å². The predicted molar refractivity (Wildman–Crippen MR) is 76.9 cm³/mol. The van der Waals surface area contributed by atoms with Crippen molar-refractivity contribution in [3.05, 3.63) is 22.7 Å². The lowest BCUT2D eigenvalue weighted by Gasteiger charge is -2.35. The molecule has 19 heavy (non-hydrogen) atoms. The van der Waals surface area contributed by atoms with Crippen LogP contribution < -0.4 is 10.6 Å². The molecular weight excluding hydrogens is 266 g/mol. The summed E-state index contributed by atoms with van der Waals surface area (Å²) < 4.78 is 4.67. The molecule has 1 heterocycles. The second kappa shape index (κ2) is 5.67. The fourth-order valence-electron chi connectivity index (χ4n) is 2.22. The molecule has 2 N–H and O–H groups in total. The smallest absolute Gasteiger partial charge is 0.337 e. The number of hydrogen-bond donors (Lipinski definition) is 1. The number of ether oxygens (including phenoxy) is 1. The van der Waals surface area contributed by atoms with Crippen LogP contribution in [-0.2, 0) is 4.74 Å². The zero-order valence-corrected chi connectivity index (χ0v) is 11.9. The van der Waals surface area contributed by atoms with Crippen LogP contribution in [0.15, 0.2) is 12.1 Å². The van der Waals surface area contributed by atoms with Crippen LogP contribution in [0.5, 0.6) is 0 Å². The Morgan fingerprint density at radius 3 is 2.47 bits per heavy atom. The van der Waals surface area contributed by atoms with Crippen molar-refractivity contribution in [2.24, 2.45) is 0 Å². The van der Waals surface area contributed by atoms with E-state index < -0.39 is 5.97 Å². The number of methoxy groups -OCH3 is 1. The monoisotopic (exact) mass is 283 g/mol. The number of piperazine rings is 1. The first-order chi connectivity index (χ1) is 9.02. The van der Waals surface area contributed by atoms with Gasteiger partial charge in [0.1, 0.15) is 0 Å². The second-order valence-electron chi connectivity index (χ2n) is 4.68. The van der Waals surface area contributed by atoms with E-state index in [1.807, 2.05) is 0 Å². The Balaban J connectivity index is 2.29. The minimum Gasteiger partial charge on any atom is -0.465 e. The van der Waals surface area contributed by atoms with Crippen LogP contribution in [0.25, 0.3) is 0 Å². The Labute approximate surface area is 117 Å². The van der Waals surface area contributed by atoms with E-state index in [4.69, 9.17) is 17.3 Å². The van der Waals surface area contributed by atoms with Gasteiger partial charge in [0.25, 0.3) is 0 Å². The summed E-state index contributed by atoms with van der Waals surface area (Å²) in [6, 6.07) is 3.22. The van der Waals surface area contributed by atoms with Crippen molar-refractivity contribution in [1.29, 1.82) is 0 Å². The summed E-state index contributed by atoms with van der Waals surface area (Å²) in [4.78, 5) is 15.9. The third kappa shape index (κ3) is 2.93. The van der Waals surface area contributed by atoms with Crippen molar-refractivity contribution in [3.63, 3.8) is 0 Å². The van der Waals surface area contributed by atoms with Crippen LogP contribution in [0.3, 0.4) is 0 Å². The van der Waals surface area contributed by atoms with E-state index in [1.54, 1.807) is 12.1 Å². The van der Waals surface area contributed by atoms with Crippen LogP contribution in [-0.4, -0.2) is 51.2 Å². The maximum Gasteiger partial charge on any atom is 0.337 e. The summed E-state index contributed by atoms with van der Waals surface area (Å²) in [5.74, 6) is -0.432. The lowest BCUT2D eigenvalue weighted by atomic mass is 10.1. The number of anilines is 2. The third-order valence-corrected chi connectivity index (χ3v) is 3.62. The number of rotatable bonds is 2. The number of carbonyl (C=O) groups excluding carboxylic acids is 1. The maximum absolute atomic E-state index is 11.5. The van der Waals surface area contributed by atoms with Gasteiger partial charge in [0.05, 0.1) is 29.1 Å². The number of likely N-dealkylation sites (N-methyl/N-ethyl adjacent to an activating group) is 1. The Hall–Kier alpha value is -1.46. The summed E-state index contributed by atoms with van der Waals surface area (Å²) in [5.41, 5.74) is 7.73. The largest absolute Gasteiger partial charge is 0.465 e. The van der Waals surface area contributed by atoms with Gasteiger partial charge in [0.15, 0.2) is 0 Å². The SMILES string of the molecule is COC(=O)c1cc(N)c(N2CCN(C)CC2)c(Cl)c1. The van der Waals surface area contributed by atoms with Gasteiger partial charge in [-0.3, -0.25) is 0 Å². The van der Waals surface area contributed by atoms with Crippen LogP contribution in [0.4, 0.5) is 11.4 Å². The summed E-state index contributed by atoms with van der Waals surface area (Å²) >= 11 is 6.26. The molecule has 0 unspecified atom stereocenters. The fraction of sp³-hybridized carbons (Fsp3) is 0.462. The summed E-state index contributed by atoms with van der Waals surface area (Å²) in [5, 5.41) is 0.491. The van der Waals surface area contributed by atoms with Crippen molar-refractivity contribution in [2.75, 3.05) is 51.0 Å². The molecule has 1 aromatic rings. The van der Waals surface area contributed by atoms with Crippen molar-refractivity contribution < 1.29 is 9.53 Å². The minimum absolute atomic E-state index is 0.378. The number of nitrogens with zero attached hydrogens (tertiary/aromatic N) is 2. The molecule has 2 rings (SSSR count). The molecule has 1 aromatic carbocycles. The molecule has 6 heteroatoms. The molecule has 0 saturated carbocycles. The van der Waals surface area contributed by atoms with E-state index in [9.17, 15) is 4.79 Å². The molecule has 0 bridgehead atoms. The second-order valence-corrected chi connectivity index (χ2v) is 5.09. The third-order valence-electron chi connectivity index (χ3n) is 3.33. The maximum atomic E-state index is 11.5. The average Bonchev–Trinajstić information content (AvgIpc) is 2.39. The van der Waals surface area contributed by atoms with Gasteiger partial charge in [-0.25, -0.2) is 4.79 Å². The van der Waals surface area contributed by atoms with Crippen molar-refractivity contribution in [1.82, 2.24) is 4.90 Å². The highest BCUT2D eigenvalue weighted by molar-refractivity contribution is 6.34. The predicted octanol–water partition coefficient (Wildman–Crippen LogP) is 1.46. The van der Waals surface area contributed by atoms with Gasteiger partial charge in [0.2, 0.25) is 0 Å². The number of nitrogen functional groups attached to an aromatic ring is 1. The van der Waals surface area contributed by atoms with Crippen molar-refractivity contribution in [2.45, 2.75) is 0 Å². The molecular formula is C13H18ClN3O2. The van der Waals surface area contributed by atoms with E-state index in [2.05, 4.69) is 21.6 Å². The van der Waals surface area contributed by atoms with Gasteiger partial charge < -0.3 is 20.3 Å². The fourth-order valence-corrected chi connectivity index (χ4v) is 2.57. The zero-order valence-electron chi connectivity index (χ0n) is 11.1. The van der Waals surface area contributed by atoms with E-state index in [0.29, 0.717) is 16.3 Å². The lowest BCUT2D eigenvalue weighted by molar-refractivity contribution is 0.0601. The molecule has 0 aromatic heterocycles. The van der Waals surface area contributed by atoms with Crippen molar-refractivity contribution in [3.8, 4) is 0 Å². The Kier molecular flexibility index (Phi) is 4.17. The van der Waals surface area contributed by atoms with Gasteiger partial charge >= 0.3 is 5.97 Å². The quantitative estimate of drug-likeness (QED) is 0.658. The molecule has 0 spiro atoms. The molecule has 0 atom stereocenters. The molecule has 0 radical (unpaired) electrons.